The quantitative estimate of drug-likeness (QED) is 0.605. The molecule has 1 rings (SSSR count). The summed E-state index contributed by atoms with van der Waals surface area (Å²) < 4.78 is 5.21. The normalized spacial score (nSPS) is 10.2. The number of rotatable bonds is 5. The van der Waals surface area contributed by atoms with Crippen LogP contribution >= 0.6 is 0 Å². The Morgan fingerprint density at radius 2 is 1.63 bits per heavy atom. The molecule has 0 fully saturated rings. The molecule has 0 spiro atoms. The maximum Gasteiger partial charge on any atom is 0.295 e. The van der Waals surface area contributed by atoms with Crippen molar-refractivity contribution >= 4 is 11.7 Å². The summed E-state index contributed by atoms with van der Waals surface area (Å²) in [6, 6.07) is 3.51. The number of hydrogen-bond acceptors (Lipinski definition) is 3. The zero-order valence-corrected chi connectivity index (χ0v) is 12.2. The molecule has 104 valence electrons. The van der Waals surface area contributed by atoms with Crippen molar-refractivity contribution in [2.75, 3.05) is 20.2 Å². The third-order valence-electron chi connectivity index (χ3n) is 3.31. The lowest BCUT2D eigenvalue weighted by molar-refractivity contribution is -0.126. The SMILES string of the molecule is CCN(CC)C(=O)C(=O)c1cc(C)c(C)cc1OC. The van der Waals surface area contributed by atoms with Gasteiger partial charge in [-0.25, -0.2) is 0 Å². The van der Waals surface area contributed by atoms with Gasteiger partial charge in [0.25, 0.3) is 11.7 Å². The highest BCUT2D eigenvalue weighted by molar-refractivity contribution is 6.43. The van der Waals surface area contributed by atoms with Gasteiger partial charge in [-0.05, 0) is 51.0 Å². The highest BCUT2D eigenvalue weighted by Gasteiger charge is 2.24. The van der Waals surface area contributed by atoms with E-state index in [4.69, 9.17) is 4.74 Å². The van der Waals surface area contributed by atoms with E-state index in [-0.39, 0.29) is 0 Å². The van der Waals surface area contributed by atoms with E-state index in [9.17, 15) is 9.59 Å². The molecule has 1 aromatic carbocycles. The number of likely N-dealkylation sites (N-methyl/N-ethyl adjacent to an activating group) is 1. The Bertz CT molecular complexity index is 490. The first-order valence-corrected chi connectivity index (χ1v) is 6.45. The molecule has 0 saturated carbocycles. The minimum absolute atomic E-state index is 0.336. The van der Waals surface area contributed by atoms with Crippen LogP contribution in [0.1, 0.15) is 35.3 Å². The Morgan fingerprint density at radius 3 is 2.11 bits per heavy atom. The lowest BCUT2D eigenvalue weighted by atomic mass is 10.0. The standard InChI is InChI=1S/C15H21NO3/c1-6-16(7-2)15(18)14(17)12-8-10(3)11(4)9-13(12)19-5/h8-9H,6-7H2,1-5H3. The van der Waals surface area contributed by atoms with Crippen LogP contribution in [0.3, 0.4) is 0 Å². The Hall–Kier alpha value is -1.84. The molecule has 0 atom stereocenters. The number of carbonyl (C=O) groups is 2. The van der Waals surface area contributed by atoms with Gasteiger partial charge in [0.05, 0.1) is 12.7 Å². The zero-order chi connectivity index (χ0) is 14.6. The number of nitrogens with zero attached hydrogens (tertiary/aromatic N) is 1. The average molecular weight is 263 g/mol. The Labute approximate surface area is 114 Å². The highest BCUT2D eigenvalue weighted by atomic mass is 16.5. The molecule has 1 amide bonds. The molecule has 0 unspecified atom stereocenters. The highest BCUT2D eigenvalue weighted by Crippen LogP contribution is 2.24. The van der Waals surface area contributed by atoms with Gasteiger partial charge >= 0.3 is 0 Å². The number of ketones is 1. The predicted molar refractivity (Wildman–Crippen MR) is 74.7 cm³/mol. The Kier molecular flexibility index (Phi) is 5.10. The summed E-state index contributed by atoms with van der Waals surface area (Å²) in [5.41, 5.74) is 2.34. The summed E-state index contributed by atoms with van der Waals surface area (Å²) in [5.74, 6) is -0.538. The number of amides is 1. The van der Waals surface area contributed by atoms with Gasteiger partial charge in [-0.3, -0.25) is 9.59 Å². The van der Waals surface area contributed by atoms with Crippen molar-refractivity contribution in [3.05, 3.63) is 28.8 Å². The van der Waals surface area contributed by atoms with Crippen LogP contribution in [-0.4, -0.2) is 36.8 Å². The molecule has 0 aliphatic carbocycles. The van der Waals surface area contributed by atoms with Gasteiger partial charge in [0.15, 0.2) is 0 Å². The molecular formula is C15H21NO3. The van der Waals surface area contributed by atoms with Gasteiger partial charge in [0.2, 0.25) is 0 Å². The molecule has 4 nitrogen and oxygen atoms in total. The third-order valence-corrected chi connectivity index (χ3v) is 3.31. The van der Waals surface area contributed by atoms with Crippen LogP contribution in [0.15, 0.2) is 12.1 Å². The van der Waals surface area contributed by atoms with Gasteiger partial charge in [0, 0.05) is 13.1 Å². The first-order chi connectivity index (χ1) is 8.96. The van der Waals surface area contributed by atoms with Crippen molar-refractivity contribution < 1.29 is 14.3 Å². The number of Topliss-reactive ketones (excluding diaryl/α,β-unsaturated/α-hetero) is 1. The van der Waals surface area contributed by atoms with Gasteiger partial charge in [-0.15, -0.1) is 0 Å². The lowest BCUT2D eigenvalue weighted by Gasteiger charge is -2.18. The van der Waals surface area contributed by atoms with Gasteiger partial charge in [0.1, 0.15) is 5.75 Å². The minimum Gasteiger partial charge on any atom is -0.496 e. The molecule has 0 N–H and O–H groups in total. The smallest absolute Gasteiger partial charge is 0.295 e. The fourth-order valence-electron chi connectivity index (χ4n) is 1.91. The van der Waals surface area contributed by atoms with E-state index < -0.39 is 11.7 Å². The molecule has 19 heavy (non-hydrogen) atoms. The van der Waals surface area contributed by atoms with Crippen molar-refractivity contribution in [1.82, 2.24) is 4.90 Å². The van der Waals surface area contributed by atoms with Crippen LogP contribution in [0, 0.1) is 13.8 Å². The fraction of sp³-hybridized carbons (Fsp3) is 0.467. The second kappa shape index (κ2) is 6.36. The maximum absolute atomic E-state index is 12.3. The first-order valence-electron chi connectivity index (χ1n) is 6.45. The summed E-state index contributed by atoms with van der Waals surface area (Å²) >= 11 is 0. The summed E-state index contributed by atoms with van der Waals surface area (Å²) in [7, 11) is 1.50. The second-order valence-electron chi connectivity index (χ2n) is 4.44. The van der Waals surface area contributed by atoms with Gasteiger partial charge in [-0.1, -0.05) is 0 Å². The predicted octanol–water partition coefficient (Wildman–Crippen LogP) is 2.36. The Balaban J connectivity index is 3.19. The maximum atomic E-state index is 12.3. The van der Waals surface area contributed by atoms with E-state index in [0.717, 1.165) is 11.1 Å². The molecule has 0 heterocycles. The van der Waals surface area contributed by atoms with Gasteiger partial charge < -0.3 is 9.64 Å². The van der Waals surface area contributed by atoms with Crippen molar-refractivity contribution in [3.63, 3.8) is 0 Å². The number of aryl methyl sites for hydroxylation is 2. The molecule has 0 aromatic heterocycles. The van der Waals surface area contributed by atoms with Gasteiger partial charge in [-0.2, -0.15) is 0 Å². The van der Waals surface area contributed by atoms with Crippen LogP contribution in [0.25, 0.3) is 0 Å². The number of hydrogen-bond donors (Lipinski definition) is 0. The van der Waals surface area contributed by atoms with Crippen molar-refractivity contribution in [2.24, 2.45) is 0 Å². The summed E-state index contributed by atoms with van der Waals surface area (Å²) in [6.45, 7) is 8.60. The number of ether oxygens (including phenoxy) is 1. The molecule has 4 heteroatoms. The van der Waals surface area contributed by atoms with Crippen LogP contribution < -0.4 is 4.74 Å². The van der Waals surface area contributed by atoms with Crippen LogP contribution in [-0.2, 0) is 4.79 Å². The van der Waals surface area contributed by atoms with Crippen molar-refractivity contribution in [3.8, 4) is 5.75 Å². The van der Waals surface area contributed by atoms with E-state index in [2.05, 4.69) is 0 Å². The van der Waals surface area contributed by atoms with E-state index in [1.807, 2.05) is 27.7 Å². The van der Waals surface area contributed by atoms with Crippen molar-refractivity contribution in [1.29, 1.82) is 0 Å². The summed E-state index contributed by atoms with van der Waals surface area (Å²) in [6.07, 6.45) is 0. The zero-order valence-electron chi connectivity index (χ0n) is 12.2. The molecule has 0 radical (unpaired) electrons. The topological polar surface area (TPSA) is 46.6 Å². The van der Waals surface area contributed by atoms with Crippen LogP contribution in [0.5, 0.6) is 5.75 Å². The number of carbonyl (C=O) groups excluding carboxylic acids is 2. The minimum atomic E-state index is -0.511. The molecule has 0 saturated heterocycles. The largest absolute Gasteiger partial charge is 0.496 e. The summed E-state index contributed by atoms with van der Waals surface area (Å²) in [4.78, 5) is 25.9. The monoisotopic (exact) mass is 263 g/mol. The number of methoxy groups -OCH3 is 1. The van der Waals surface area contributed by atoms with Crippen molar-refractivity contribution in [2.45, 2.75) is 27.7 Å². The molecule has 0 aliphatic heterocycles. The van der Waals surface area contributed by atoms with Crippen LogP contribution in [0.4, 0.5) is 0 Å². The molecule has 0 aliphatic rings. The van der Waals surface area contributed by atoms with E-state index in [1.165, 1.54) is 12.0 Å². The number of benzene rings is 1. The fourth-order valence-corrected chi connectivity index (χ4v) is 1.91. The van der Waals surface area contributed by atoms with E-state index >= 15 is 0 Å². The Morgan fingerprint density at radius 1 is 1.11 bits per heavy atom. The van der Waals surface area contributed by atoms with E-state index in [0.29, 0.717) is 24.4 Å². The van der Waals surface area contributed by atoms with E-state index in [1.54, 1.807) is 12.1 Å². The first kappa shape index (κ1) is 15.2. The molecule has 0 bridgehead atoms. The second-order valence-corrected chi connectivity index (χ2v) is 4.44. The lowest BCUT2D eigenvalue weighted by Crippen LogP contribution is -2.36. The summed E-state index contributed by atoms with van der Waals surface area (Å²) in [5, 5.41) is 0. The van der Waals surface area contributed by atoms with Crippen LogP contribution in [0.2, 0.25) is 0 Å². The molecular weight excluding hydrogens is 242 g/mol. The third kappa shape index (κ3) is 3.13. The molecule has 1 aromatic rings. The average Bonchev–Trinajstić information content (AvgIpc) is 2.41.